The number of rotatable bonds is 6. The van der Waals surface area contributed by atoms with Crippen LogP contribution in [0.4, 0.5) is 11.4 Å². The van der Waals surface area contributed by atoms with E-state index in [0.717, 1.165) is 17.0 Å². The van der Waals surface area contributed by atoms with Crippen LogP contribution >= 0.6 is 11.6 Å². The Bertz CT molecular complexity index is 1080. The van der Waals surface area contributed by atoms with Crippen LogP contribution in [-0.4, -0.2) is 23.4 Å². The molecule has 0 unspecified atom stereocenters. The van der Waals surface area contributed by atoms with Crippen LogP contribution in [0.25, 0.3) is 11.0 Å². The van der Waals surface area contributed by atoms with Gasteiger partial charge in [-0.3, -0.25) is 19.7 Å². The van der Waals surface area contributed by atoms with E-state index in [-0.39, 0.29) is 22.8 Å². The molecule has 1 aromatic heterocycles. The zero-order chi connectivity index (χ0) is 20.3. The Balaban J connectivity index is 1.59. The predicted molar refractivity (Wildman–Crippen MR) is 102 cm³/mol. The van der Waals surface area contributed by atoms with Crippen molar-refractivity contribution in [2.45, 2.75) is 13.3 Å². The molecular weight excluding hydrogens is 388 g/mol. The molecule has 1 heterocycles. The van der Waals surface area contributed by atoms with Gasteiger partial charge in [-0.05, 0) is 30.7 Å². The number of fused-ring (bicyclic) bond motifs is 1. The molecule has 8 nitrogen and oxygen atoms in total. The van der Waals surface area contributed by atoms with Crippen molar-refractivity contribution in [3.63, 3.8) is 0 Å². The van der Waals surface area contributed by atoms with Gasteiger partial charge in [-0.2, -0.15) is 0 Å². The van der Waals surface area contributed by atoms with E-state index in [0.29, 0.717) is 11.1 Å². The molecule has 0 radical (unpaired) electrons. The monoisotopic (exact) mass is 402 g/mol. The number of hydrogen-bond acceptors (Lipinski definition) is 6. The molecule has 144 valence electrons. The van der Waals surface area contributed by atoms with Crippen LogP contribution in [0, 0.1) is 17.0 Å². The molecule has 3 aromatic rings. The number of hydrogen-bond donors (Lipinski definition) is 1. The van der Waals surface area contributed by atoms with Crippen LogP contribution in [-0.2, 0) is 20.7 Å². The second-order valence-electron chi connectivity index (χ2n) is 6.06. The maximum atomic E-state index is 12.0. The Morgan fingerprint density at radius 1 is 1.25 bits per heavy atom. The van der Waals surface area contributed by atoms with E-state index in [2.05, 4.69) is 5.32 Å². The van der Waals surface area contributed by atoms with E-state index < -0.39 is 23.4 Å². The summed E-state index contributed by atoms with van der Waals surface area (Å²) >= 11 is 5.72. The number of aryl methyl sites for hydroxylation is 1. The molecule has 9 heteroatoms. The minimum atomic E-state index is -0.702. The van der Waals surface area contributed by atoms with Crippen LogP contribution in [0.2, 0.25) is 5.02 Å². The summed E-state index contributed by atoms with van der Waals surface area (Å²) < 4.78 is 10.4. The van der Waals surface area contributed by atoms with Gasteiger partial charge in [0.15, 0.2) is 6.61 Å². The van der Waals surface area contributed by atoms with Gasteiger partial charge in [-0.1, -0.05) is 23.7 Å². The molecule has 3 rings (SSSR count). The Morgan fingerprint density at radius 2 is 2.04 bits per heavy atom. The second-order valence-corrected chi connectivity index (χ2v) is 6.50. The lowest BCUT2D eigenvalue weighted by Crippen LogP contribution is -2.22. The topological polar surface area (TPSA) is 112 Å². The quantitative estimate of drug-likeness (QED) is 0.378. The van der Waals surface area contributed by atoms with Crippen molar-refractivity contribution in [2.75, 3.05) is 11.9 Å². The zero-order valence-electron chi connectivity index (χ0n) is 14.7. The minimum absolute atomic E-state index is 0.0355. The number of anilines is 1. The van der Waals surface area contributed by atoms with Gasteiger partial charge in [0.2, 0.25) is 0 Å². The molecule has 28 heavy (non-hydrogen) atoms. The normalized spacial score (nSPS) is 10.6. The molecule has 0 spiro atoms. The fourth-order valence-corrected chi connectivity index (χ4v) is 2.79. The van der Waals surface area contributed by atoms with Gasteiger partial charge >= 0.3 is 5.97 Å². The number of nitro groups is 1. The number of ether oxygens (including phenoxy) is 1. The third kappa shape index (κ3) is 4.47. The highest BCUT2D eigenvalue weighted by molar-refractivity contribution is 6.31. The van der Waals surface area contributed by atoms with Crippen LogP contribution in [0.5, 0.6) is 0 Å². The maximum absolute atomic E-state index is 12.0. The van der Waals surface area contributed by atoms with Crippen LogP contribution in [0.15, 0.2) is 47.1 Å². The second kappa shape index (κ2) is 8.10. The van der Waals surface area contributed by atoms with E-state index in [9.17, 15) is 19.7 Å². The van der Waals surface area contributed by atoms with Crippen molar-refractivity contribution in [3.8, 4) is 0 Å². The summed E-state index contributed by atoms with van der Waals surface area (Å²) in [6, 6.07) is 9.44. The molecule has 0 saturated heterocycles. The number of nitrogens with one attached hydrogen (secondary N) is 1. The highest BCUT2D eigenvalue weighted by Crippen LogP contribution is 2.27. The van der Waals surface area contributed by atoms with E-state index in [1.165, 1.54) is 18.4 Å². The van der Waals surface area contributed by atoms with Crippen molar-refractivity contribution in [1.29, 1.82) is 0 Å². The predicted octanol–water partition coefficient (Wildman–Crippen LogP) is 4.03. The number of halogens is 1. The van der Waals surface area contributed by atoms with E-state index in [4.69, 9.17) is 20.8 Å². The average molecular weight is 403 g/mol. The number of nitro benzene ring substituents is 1. The first kappa shape index (κ1) is 19.4. The molecule has 0 saturated carbocycles. The number of benzene rings is 2. The lowest BCUT2D eigenvalue weighted by Gasteiger charge is -2.07. The Kier molecular flexibility index (Phi) is 5.60. The number of furan rings is 1. The highest BCUT2D eigenvalue weighted by Gasteiger charge is 2.18. The molecule has 1 amide bonds. The van der Waals surface area contributed by atoms with Crippen LogP contribution in [0.1, 0.15) is 11.1 Å². The van der Waals surface area contributed by atoms with Gasteiger partial charge in [-0.15, -0.1) is 0 Å². The number of amides is 1. The molecular formula is C19H15ClN2O6. The molecule has 0 aliphatic rings. The van der Waals surface area contributed by atoms with Gasteiger partial charge in [0.05, 0.1) is 17.6 Å². The van der Waals surface area contributed by atoms with Gasteiger partial charge in [0.25, 0.3) is 11.6 Å². The first-order valence-electron chi connectivity index (χ1n) is 8.19. The lowest BCUT2D eigenvalue weighted by molar-refractivity contribution is -0.383. The van der Waals surface area contributed by atoms with Gasteiger partial charge in [-0.25, -0.2) is 0 Å². The van der Waals surface area contributed by atoms with Gasteiger partial charge in [0.1, 0.15) is 11.3 Å². The number of esters is 1. The molecule has 2 aromatic carbocycles. The molecule has 0 aliphatic heterocycles. The molecule has 1 N–H and O–H groups in total. The van der Waals surface area contributed by atoms with Gasteiger partial charge in [0, 0.05) is 22.0 Å². The van der Waals surface area contributed by atoms with E-state index in [1.807, 2.05) is 25.1 Å². The van der Waals surface area contributed by atoms with Crippen LogP contribution < -0.4 is 5.32 Å². The van der Waals surface area contributed by atoms with Gasteiger partial charge < -0.3 is 14.5 Å². The first-order chi connectivity index (χ1) is 13.3. The van der Waals surface area contributed by atoms with Crippen molar-refractivity contribution >= 4 is 45.8 Å². The number of nitrogens with zero attached hydrogens (tertiary/aromatic N) is 1. The summed E-state index contributed by atoms with van der Waals surface area (Å²) in [5.74, 6) is -1.32. The zero-order valence-corrected chi connectivity index (χ0v) is 15.5. The Morgan fingerprint density at radius 3 is 2.79 bits per heavy atom. The van der Waals surface area contributed by atoms with Crippen molar-refractivity contribution in [1.82, 2.24) is 0 Å². The summed E-state index contributed by atoms with van der Waals surface area (Å²) in [5.41, 5.74) is 1.95. The maximum Gasteiger partial charge on any atom is 0.310 e. The standard InChI is InChI=1S/C19H15ClN2O6/c1-11-2-4-14-12(9-27-17(14)6-11)7-19(24)28-10-18(23)21-15-5-3-13(20)8-16(15)22(25)26/h2-6,8-9H,7,10H2,1H3,(H,21,23). The van der Waals surface area contributed by atoms with Crippen molar-refractivity contribution in [2.24, 2.45) is 0 Å². The fourth-order valence-electron chi connectivity index (χ4n) is 2.63. The molecule has 0 atom stereocenters. The summed E-state index contributed by atoms with van der Waals surface area (Å²) in [6.45, 7) is 1.35. The smallest absolute Gasteiger partial charge is 0.310 e. The number of carbonyl (C=O) groups is 2. The molecule has 0 aliphatic carbocycles. The summed E-state index contributed by atoms with van der Waals surface area (Å²) in [5, 5.41) is 14.3. The summed E-state index contributed by atoms with van der Waals surface area (Å²) in [6.07, 6.45) is 1.41. The first-order valence-corrected chi connectivity index (χ1v) is 8.57. The number of carbonyl (C=O) groups excluding carboxylic acids is 2. The third-order valence-corrected chi connectivity index (χ3v) is 4.18. The van der Waals surface area contributed by atoms with E-state index >= 15 is 0 Å². The largest absolute Gasteiger partial charge is 0.464 e. The minimum Gasteiger partial charge on any atom is -0.464 e. The average Bonchev–Trinajstić information content (AvgIpc) is 3.03. The Labute approximate surface area is 164 Å². The third-order valence-electron chi connectivity index (χ3n) is 3.94. The van der Waals surface area contributed by atoms with Crippen molar-refractivity contribution < 1.29 is 23.7 Å². The van der Waals surface area contributed by atoms with E-state index in [1.54, 1.807) is 0 Å². The van der Waals surface area contributed by atoms with Crippen LogP contribution in [0.3, 0.4) is 0 Å². The SMILES string of the molecule is Cc1ccc2c(CC(=O)OCC(=O)Nc3ccc(Cl)cc3[N+](=O)[O-])coc2c1. The highest BCUT2D eigenvalue weighted by atomic mass is 35.5. The Hall–Kier alpha value is -3.39. The summed E-state index contributed by atoms with van der Waals surface area (Å²) in [4.78, 5) is 34.4. The summed E-state index contributed by atoms with van der Waals surface area (Å²) in [7, 11) is 0. The molecule has 0 fully saturated rings. The lowest BCUT2D eigenvalue weighted by atomic mass is 10.1. The molecule has 0 bridgehead atoms. The van der Waals surface area contributed by atoms with Crippen molar-refractivity contribution in [3.05, 3.63) is 68.9 Å². The fraction of sp³-hybridized carbons (Fsp3) is 0.158.